The predicted octanol–water partition coefficient (Wildman–Crippen LogP) is 2.73. The Kier molecular flexibility index (Phi) is 7.18. The third kappa shape index (κ3) is 4.54. The summed E-state index contributed by atoms with van der Waals surface area (Å²) < 4.78 is 11.3. The van der Waals surface area contributed by atoms with Gasteiger partial charge in [-0.2, -0.15) is 0 Å². The minimum atomic E-state index is 0. The summed E-state index contributed by atoms with van der Waals surface area (Å²) in [5.74, 6) is 2.21. The molecule has 1 saturated heterocycles. The lowest BCUT2D eigenvalue weighted by atomic mass is 9.96. The van der Waals surface area contributed by atoms with Crippen LogP contribution in [0.1, 0.15) is 36.5 Å². The number of nitrogens with one attached hydrogen (secondary N) is 1. The fourth-order valence-corrected chi connectivity index (χ4v) is 3.17. The van der Waals surface area contributed by atoms with Crippen LogP contribution in [0.15, 0.2) is 18.2 Å². The molecule has 0 radical (unpaired) electrons. The summed E-state index contributed by atoms with van der Waals surface area (Å²) >= 11 is 0. The van der Waals surface area contributed by atoms with E-state index in [2.05, 4.69) is 12.2 Å². The number of hydrogen-bond donors (Lipinski definition) is 1. The first kappa shape index (κ1) is 18.9. The van der Waals surface area contributed by atoms with Crippen molar-refractivity contribution in [3.63, 3.8) is 0 Å². The Morgan fingerprint density at radius 1 is 1.21 bits per heavy atom. The van der Waals surface area contributed by atoms with Crippen LogP contribution in [0, 0.1) is 5.92 Å². The number of rotatable bonds is 4. The van der Waals surface area contributed by atoms with E-state index < -0.39 is 0 Å². The number of benzene rings is 1. The molecule has 2 heterocycles. The van der Waals surface area contributed by atoms with Crippen LogP contribution in [0.2, 0.25) is 0 Å². The van der Waals surface area contributed by atoms with Gasteiger partial charge in [0.2, 0.25) is 0 Å². The zero-order chi connectivity index (χ0) is 16.1. The van der Waals surface area contributed by atoms with Crippen LogP contribution < -0.4 is 14.8 Å². The monoisotopic (exact) mass is 354 g/mol. The van der Waals surface area contributed by atoms with Crippen molar-refractivity contribution >= 4 is 18.3 Å². The van der Waals surface area contributed by atoms with Gasteiger partial charge in [-0.3, -0.25) is 4.79 Å². The molecule has 0 saturated carbocycles. The third-order valence-corrected chi connectivity index (χ3v) is 4.58. The molecule has 24 heavy (non-hydrogen) atoms. The summed E-state index contributed by atoms with van der Waals surface area (Å²) in [6, 6.07) is 5.53. The Labute approximate surface area is 150 Å². The van der Waals surface area contributed by atoms with Crippen LogP contribution in [0.5, 0.6) is 11.5 Å². The number of likely N-dealkylation sites (tertiary alicyclic amines) is 1. The first-order valence-electron chi connectivity index (χ1n) is 8.67. The smallest absolute Gasteiger partial charge is 0.253 e. The van der Waals surface area contributed by atoms with Crippen LogP contribution in [-0.4, -0.2) is 50.2 Å². The normalized spacial score (nSPS) is 17.8. The Morgan fingerprint density at radius 2 is 1.92 bits per heavy atom. The number of amides is 1. The minimum Gasteiger partial charge on any atom is -0.490 e. The maximum Gasteiger partial charge on any atom is 0.253 e. The van der Waals surface area contributed by atoms with Crippen LogP contribution in [0.25, 0.3) is 0 Å². The highest BCUT2D eigenvalue weighted by Crippen LogP contribution is 2.31. The average molecular weight is 355 g/mol. The molecule has 1 amide bonds. The Hall–Kier alpha value is -1.46. The highest BCUT2D eigenvalue weighted by molar-refractivity contribution is 5.95. The van der Waals surface area contributed by atoms with Crippen LogP contribution in [0.4, 0.5) is 0 Å². The number of halogens is 1. The van der Waals surface area contributed by atoms with Crippen molar-refractivity contribution in [3.05, 3.63) is 23.8 Å². The number of piperidine rings is 1. The summed E-state index contributed by atoms with van der Waals surface area (Å²) in [5, 5.41) is 3.40. The van der Waals surface area contributed by atoms with Gasteiger partial charge in [0.1, 0.15) is 0 Å². The Morgan fingerprint density at radius 3 is 2.62 bits per heavy atom. The van der Waals surface area contributed by atoms with Crippen molar-refractivity contribution in [3.8, 4) is 11.5 Å². The highest BCUT2D eigenvalue weighted by Gasteiger charge is 2.24. The molecule has 0 spiro atoms. The maximum absolute atomic E-state index is 12.7. The molecule has 0 aliphatic carbocycles. The minimum absolute atomic E-state index is 0. The first-order chi connectivity index (χ1) is 11.3. The first-order valence-corrected chi connectivity index (χ1v) is 8.67. The van der Waals surface area contributed by atoms with E-state index in [1.54, 1.807) is 0 Å². The zero-order valence-electron chi connectivity index (χ0n) is 14.3. The molecule has 0 unspecified atom stereocenters. The lowest BCUT2D eigenvalue weighted by Gasteiger charge is -2.32. The van der Waals surface area contributed by atoms with Gasteiger partial charge in [0, 0.05) is 25.1 Å². The quantitative estimate of drug-likeness (QED) is 0.903. The molecule has 2 aliphatic heterocycles. The van der Waals surface area contributed by atoms with E-state index in [4.69, 9.17) is 9.47 Å². The molecule has 134 valence electrons. The second-order valence-corrected chi connectivity index (χ2v) is 6.26. The van der Waals surface area contributed by atoms with E-state index in [1.165, 1.54) is 0 Å². The van der Waals surface area contributed by atoms with Gasteiger partial charge < -0.3 is 19.7 Å². The molecule has 6 heteroatoms. The molecule has 3 rings (SSSR count). The van der Waals surface area contributed by atoms with Crippen LogP contribution >= 0.6 is 12.4 Å². The molecule has 5 nitrogen and oxygen atoms in total. The molecular weight excluding hydrogens is 328 g/mol. The topological polar surface area (TPSA) is 50.8 Å². The van der Waals surface area contributed by atoms with Crippen molar-refractivity contribution < 1.29 is 14.3 Å². The van der Waals surface area contributed by atoms with Gasteiger partial charge in [0.15, 0.2) is 11.5 Å². The molecule has 1 aromatic rings. The number of hydrogen-bond acceptors (Lipinski definition) is 4. The SMILES string of the molecule is CCNCC1CCN(C(=O)c2ccc3c(c2)OCCCO3)CC1.Cl. The van der Waals surface area contributed by atoms with Gasteiger partial charge in [0.25, 0.3) is 5.91 Å². The predicted molar refractivity (Wildman–Crippen MR) is 96.5 cm³/mol. The van der Waals surface area contributed by atoms with Crippen LogP contribution in [0.3, 0.4) is 0 Å². The molecule has 2 aliphatic rings. The van der Waals surface area contributed by atoms with Gasteiger partial charge in [0.05, 0.1) is 13.2 Å². The molecule has 0 atom stereocenters. The van der Waals surface area contributed by atoms with Crippen molar-refractivity contribution in [2.45, 2.75) is 26.2 Å². The van der Waals surface area contributed by atoms with E-state index in [9.17, 15) is 4.79 Å². The number of carbonyl (C=O) groups excluding carboxylic acids is 1. The third-order valence-electron chi connectivity index (χ3n) is 4.58. The van der Waals surface area contributed by atoms with Gasteiger partial charge in [-0.1, -0.05) is 6.92 Å². The van der Waals surface area contributed by atoms with E-state index in [0.29, 0.717) is 30.4 Å². The van der Waals surface area contributed by atoms with Gasteiger partial charge in [-0.15, -0.1) is 12.4 Å². The molecule has 1 aromatic carbocycles. The Bertz CT molecular complexity index is 545. The summed E-state index contributed by atoms with van der Waals surface area (Å²) in [6.45, 7) is 7.18. The average Bonchev–Trinajstić information content (AvgIpc) is 2.84. The zero-order valence-corrected chi connectivity index (χ0v) is 15.1. The molecule has 0 aromatic heterocycles. The summed E-state index contributed by atoms with van der Waals surface area (Å²) in [5.41, 5.74) is 0.694. The van der Waals surface area contributed by atoms with Crippen molar-refractivity contribution in [1.29, 1.82) is 0 Å². The van der Waals surface area contributed by atoms with E-state index in [1.807, 2.05) is 23.1 Å². The lowest BCUT2D eigenvalue weighted by molar-refractivity contribution is 0.0690. The largest absolute Gasteiger partial charge is 0.490 e. The second kappa shape index (κ2) is 9.14. The Balaban J connectivity index is 0.00000208. The molecule has 1 fully saturated rings. The second-order valence-electron chi connectivity index (χ2n) is 6.26. The van der Waals surface area contributed by atoms with Gasteiger partial charge in [-0.25, -0.2) is 0 Å². The maximum atomic E-state index is 12.7. The van der Waals surface area contributed by atoms with E-state index in [0.717, 1.165) is 51.2 Å². The van der Waals surface area contributed by atoms with E-state index >= 15 is 0 Å². The van der Waals surface area contributed by atoms with Gasteiger partial charge >= 0.3 is 0 Å². The molecule has 1 N–H and O–H groups in total. The fourth-order valence-electron chi connectivity index (χ4n) is 3.17. The molecule has 0 bridgehead atoms. The highest BCUT2D eigenvalue weighted by atomic mass is 35.5. The standard InChI is InChI=1S/C18H26N2O3.ClH/c1-2-19-13-14-6-8-20(9-7-14)18(21)15-4-5-16-17(12-15)23-11-3-10-22-16;/h4-5,12,14,19H,2-3,6-11,13H2,1H3;1H. The number of carbonyl (C=O) groups is 1. The fraction of sp³-hybridized carbons (Fsp3) is 0.611. The van der Waals surface area contributed by atoms with E-state index in [-0.39, 0.29) is 18.3 Å². The summed E-state index contributed by atoms with van der Waals surface area (Å²) in [4.78, 5) is 14.7. The molecular formula is C18H27ClN2O3. The van der Waals surface area contributed by atoms with Crippen molar-refractivity contribution in [2.24, 2.45) is 5.92 Å². The van der Waals surface area contributed by atoms with Crippen LogP contribution in [-0.2, 0) is 0 Å². The summed E-state index contributed by atoms with van der Waals surface area (Å²) in [6.07, 6.45) is 3.02. The van der Waals surface area contributed by atoms with Crippen molar-refractivity contribution in [2.75, 3.05) is 39.4 Å². The number of fused-ring (bicyclic) bond motifs is 1. The van der Waals surface area contributed by atoms with Gasteiger partial charge in [-0.05, 0) is 50.0 Å². The number of nitrogens with zero attached hydrogens (tertiary/aromatic N) is 1. The summed E-state index contributed by atoms with van der Waals surface area (Å²) in [7, 11) is 0. The van der Waals surface area contributed by atoms with Crippen molar-refractivity contribution in [1.82, 2.24) is 10.2 Å². The lowest BCUT2D eigenvalue weighted by Crippen LogP contribution is -2.40. The number of ether oxygens (including phenoxy) is 2.